The van der Waals surface area contributed by atoms with E-state index in [0.29, 0.717) is 17.1 Å². The fraction of sp³-hybridized carbons (Fsp3) is 0.300. The van der Waals surface area contributed by atoms with Crippen LogP contribution in [0.4, 0.5) is 10.1 Å². The predicted molar refractivity (Wildman–Crippen MR) is 98.1 cm³/mol. The fourth-order valence-electron chi connectivity index (χ4n) is 2.29. The first kappa shape index (κ1) is 20.0. The standard InChI is InChI=1S/C20H21FN2O4/c1-5-25-19(24)20(3,4)27-17-7-6-14(8-12(17)2)26-18-9-13(11-22)15(21)10-16(18)23/h6-10H,5,23H2,1-4H3. The Kier molecular flexibility index (Phi) is 5.91. The third-order valence-electron chi connectivity index (χ3n) is 3.73. The third-order valence-corrected chi connectivity index (χ3v) is 3.73. The second-order valence-electron chi connectivity index (χ2n) is 6.34. The average Bonchev–Trinajstić information content (AvgIpc) is 2.59. The SMILES string of the molecule is CCOC(=O)C(C)(C)Oc1ccc(Oc2cc(C#N)c(F)cc2N)cc1C. The molecular formula is C20H21FN2O4. The van der Waals surface area contributed by atoms with Gasteiger partial charge in [-0.2, -0.15) is 5.26 Å². The number of carbonyl (C=O) groups excluding carboxylic acids is 1. The van der Waals surface area contributed by atoms with Gasteiger partial charge in [0.25, 0.3) is 0 Å². The number of hydrogen-bond acceptors (Lipinski definition) is 6. The number of halogens is 1. The molecule has 142 valence electrons. The van der Waals surface area contributed by atoms with Crippen molar-refractivity contribution in [2.75, 3.05) is 12.3 Å². The summed E-state index contributed by atoms with van der Waals surface area (Å²) in [5, 5.41) is 8.93. The van der Waals surface area contributed by atoms with E-state index < -0.39 is 17.4 Å². The second-order valence-corrected chi connectivity index (χ2v) is 6.34. The molecular weight excluding hydrogens is 351 g/mol. The zero-order valence-electron chi connectivity index (χ0n) is 15.6. The Morgan fingerprint density at radius 3 is 2.56 bits per heavy atom. The van der Waals surface area contributed by atoms with E-state index in [9.17, 15) is 9.18 Å². The topological polar surface area (TPSA) is 94.6 Å². The van der Waals surface area contributed by atoms with E-state index in [-0.39, 0.29) is 23.6 Å². The Balaban J connectivity index is 2.23. The van der Waals surface area contributed by atoms with Crippen molar-refractivity contribution in [2.45, 2.75) is 33.3 Å². The summed E-state index contributed by atoms with van der Waals surface area (Å²) in [6, 6.07) is 8.99. The summed E-state index contributed by atoms with van der Waals surface area (Å²) in [6.45, 7) is 7.03. The van der Waals surface area contributed by atoms with Crippen LogP contribution in [-0.4, -0.2) is 18.2 Å². The molecule has 0 amide bonds. The van der Waals surface area contributed by atoms with Crippen molar-refractivity contribution in [1.29, 1.82) is 5.26 Å². The number of rotatable bonds is 6. The van der Waals surface area contributed by atoms with Gasteiger partial charge in [-0.25, -0.2) is 9.18 Å². The molecule has 2 aromatic carbocycles. The summed E-state index contributed by atoms with van der Waals surface area (Å²) < 4.78 is 30.0. The maximum Gasteiger partial charge on any atom is 0.349 e. The van der Waals surface area contributed by atoms with Crippen molar-refractivity contribution in [3.05, 3.63) is 47.3 Å². The number of nitrogens with two attached hydrogens (primary N) is 1. The maximum absolute atomic E-state index is 13.6. The monoisotopic (exact) mass is 372 g/mol. The van der Waals surface area contributed by atoms with Crippen molar-refractivity contribution < 1.29 is 23.4 Å². The molecule has 0 spiro atoms. The first-order valence-corrected chi connectivity index (χ1v) is 8.31. The minimum Gasteiger partial charge on any atom is -0.476 e. The fourth-order valence-corrected chi connectivity index (χ4v) is 2.29. The third kappa shape index (κ3) is 4.67. The highest BCUT2D eigenvalue weighted by Gasteiger charge is 2.32. The van der Waals surface area contributed by atoms with Crippen LogP contribution >= 0.6 is 0 Å². The quantitative estimate of drug-likeness (QED) is 0.606. The Morgan fingerprint density at radius 1 is 1.26 bits per heavy atom. The van der Waals surface area contributed by atoms with Gasteiger partial charge in [0.15, 0.2) is 11.4 Å². The van der Waals surface area contributed by atoms with Gasteiger partial charge in [-0.1, -0.05) is 0 Å². The van der Waals surface area contributed by atoms with Gasteiger partial charge in [0.1, 0.15) is 23.4 Å². The van der Waals surface area contributed by atoms with E-state index in [1.54, 1.807) is 52.0 Å². The molecule has 0 unspecified atom stereocenters. The van der Waals surface area contributed by atoms with E-state index >= 15 is 0 Å². The van der Waals surface area contributed by atoms with Gasteiger partial charge < -0.3 is 19.9 Å². The molecule has 2 rings (SSSR count). The molecule has 0 aliphatic rings. The lowest BCUT2D eigenvalue weighted by atomic mass is 10.1. The number of anilines is 1. The number of nitrogen functional groups attached to an aromatic ring is 1. The summed E-state index contributed by atoms with van der Waals surface area (Å²) >= 11 is 0. The van der Waals surface area contributed by atoms with E-state index in [0.717, 1.165) is 6.07 Å². The van der Waals surface area contributed by atoms with Crippen molar-refractivity contribution in [3.63, 3.8) is 0 Å². The van der Waals surface area contributed by atoms with Gasteiger partial charge in [-0.3, -0.25) is 0 Å². The molecule has 27 heavy (non-hydrogen) atoms. The summed E-state index contributed by atoms with van der Waals surface area (Å²) in [4.78, 5) is 12.0. The molecule has 7 heteroatoms. The lowest BCUT2D eigenvalue weighted by Gasteiger charge is -2.25. The van der Waals surface area contributed by atoms with Gasteiger partial charge in [-0.05, 0) is 51.5 Å². The van der Waals surface area contributed by atoms with Crippen molar-refractivity contribution in [3.8, 4) is 23.3 Å². The van der Waals surface area contributed by atoms with Crippen LogP contribution in [0.15, 0.2) is 30.3 Å². The molecule has 0 fully saturated rings. The minimum absolute atomic E-state index is 0.0768. The van der Waals surface area contributed by atoms with Gasteiger partial charge >= 0.3 is 5.97 Å². The Bertz CT molecular complexity index is 904. The molecule has 0 atom stereocenters. The Labute approximate surface area is 157 Å². The van der Waals surface area contributed by atoms with Crippen LogP contribution in [0.25, 0.3) is 0 Å². The molecule has 0 aliphatic heterocycles. The molecule has 0 bridgehead atoms. The number of benzene rings is 2. The molecule has 2 N–H and O–H groups in total. The van der Waals surface area contributed by atoms with Crippen LogP contribution in [0.5, 0.6) is 17.2 Å². The van der Waals surface area contributed by atoms with E-state index in [1.165, 1.54) is 6.07 Å². The maximum atomic E-state index is 13.6. The van der Waals surface area contributed by atoms with Gasteiger partial charge in [-0.15, -0.1) is 0 Å². The average molecular weight is 372 g/mol. The number of nitriles is 1. The number of aryl methyl sites for hydroxylation is 1. The number of hydrogen-bond donors (Lipinski definition) is 1. The highest BCUT2D eigenvalue weighted by atomic mass is 19.1. The van der Waals surface area contributed by atoms with Crippen LogP contribution in [0, 0.1) is 24.1 Å². The van der Waals surface area contributed by atoms with Crippen LogP contribution in [-0.2, 0) is 9.53 Å². The zero-order valence-corrected chi connectivity index (χ0v) is 15.6. The first-order valence-electron chi connectivity index (χ1n) is 8.31. The normalized spacial score (nSPS) is 10.8. The number of nitrogens with zero attached hydrogens (tertiary/aromatic N) is 1. The smallest absolute Gasteiger partial charge is 0.349 e. The molecule has 0 radical (unpaired) electrons. The molecule has 0 aliphatic carbocycles. The first-order chi connectivity index (χ1) is 12.7. The predicted octanol–water partition coefficient (Wildman–Crippen LogP) is 4.10. The van der Waals surface area contributed by atoms with Crippen molar-refractivity contribution in [2.24, 2.45) is 0 Å². The van der Waals surface area contributed by atoms with Crippen molar-refractivity contribution >= 4 is 11.7 Å². The lowest BCUT2D eigenvalue weighted by molar-refractivity contribution is -0.158. The highest BCUT2D eigenvalue weighted by molar-refractivity contribution is 5.79. The number of ether oxygens (including phenoxy) is 3. The van der Waals surface area contributed by atoms with Crippen LogP contribution in [0.3, 0.4) is 0 Å². The van der Waals surface area contributed by atoms with Crippen LogP contribution in [0.2, 0.25) is 0 Å². The summed E-state index contributed by atoms with van der Waals surface area (Å²) in [5.41, 5.74) is 5.24. The number of esters is 1. The van der Waals surface area contributed by atoms with E-state index in [2.05, 4.69) is 0 Å². The van der Waals surface area contributed by atoms with Gasteiger partial charge in [0.2, 0.25) is 0 Å². The lowest BCUT2D eigenvalue weighted by Crippen LogP contribution is -2.39. The number of carbonyl (C=O) groups is 1. The summed E-state index contributed by atoms with van der Waals surface area (Å²) in [7, 11) is 0. The molecule has 0 heterocycles. The van der Waals surface area contributed by atoms with Gasteiger partial charge in [0.05, 0.1) is 17.9 Å². The Morgan fingerprint density at radius 2 is 1.96 bits per heavy atom. The summed E-state index contributed by atoms with van der Waals surface area (Å²) in [5.74, 6) is -0.0784. The molecule has 0 saturated heterocycles. The Hall–Kier alpha value is -3.27. The zero-order chi connectivity index (χ0) is 20.2. The van der Waals surface area contributed by atoms with Gasteiger partial charge in [0, 0.05) is 12.1 Å². The second kappa shape index (κ2) is 7.96. The summed E-state index contributed by atoms with van der Waals surface area (Å²) in [6.07, 6.45) is 0. The van der Waals surface area contributed by atoms with Crippen LogP contribution < -0.4 is 15.2 Å². The van der Waals surface area contributed by atoms with E-state index in [4.69, 9.17) is 25.2 Å². The molecule has 6 nitrogen and oxygen atoms in total. The highest BCUT2D eigenvalue weighted by Crippen LogP contribution is 2.33. The van der Waals surface area contributed by atoms with E-state index in [1.807, 2.05) is 0 Å². The van der Waals surface area contributed by atoms with Crippen LogP contribution in [0.1, 0.15) is 31.9 Å². The molecule has 0 saturated carbocycles. The molecule has 2 aromatic rings. The largest absolute Gasteiger partial charge is 0.476 e. The minimum atomic E-state index is -1.15. The van der Waals surface area contributed by atoms with Crippen molar-refractivity contribution in [1.82, 2.24) is 0 Å². The molecule has 0 aromatic heterocycles.